The molecule has 5 rings (SSSR count). The Balaban J connectivity index is 1.26. The number of benzene rings is 1. The van der Waals surface area contributed by atoms with E-state index in [9.17, 15) is 14.0 Å². The summed E-state index contributed by atoms with van der Waals surface area (Å²) in [5.74, 6) is 0.773. The van der Waals surface area contributed by atoms with Gasteiger partial charge in [0.1, 0.15) is 17.9 Å². The van der Waals surface area contributed by atoms with Crippen LogP contribution < -0.4 is 15.0 Å². The Morgan fingerprint density at radius 3 is 2.65 bits per heavy atom. The minimum absolute atomic E-state index is 0.0445. The molecule has 3 aliphatic rings. The maximum absolute atomic E-state index is 14.2. The normalized spacial score (nSPS) is 21.9. The number of nitrogens with one attached hydrogen (secondary N) is 1. The monoisotopic (exact) mass is 553 g/mol. The highest BCUT2D eigenvalue weighted by Crippen LogP contribution is 2.44. The third-order valence-corrected chi connectivity index (χ3v) is 8.80. The summed E-state index contributed by atoms with van der Waals surface area (Å²) in [5, 5.41) is 11.5. The number of anilines is 1. The van der Waals surface area contributed by atoms with Crippen LogP contribution in [0.2, 0.25) is 0 Å². The number of amides is 2. The maximum Gasteiger partial charge on any atom is 0.282 e. The third kappa shape index (κ3) is 5.48. The van der Waals surface area contributed by atoms with Crippen LogP contribution in [0.5, 0.6) is 11.6 Å². The van der Waals surface area contributed by atoms with Crippen LogP contribution in [0.15, 0.2) is 24.5 Å². The van der Waals surface area contributed by atoms with Gasteiger partial charge in [-0.3, -0.25) is 9.59 Å². The Morgan fingerprint density at radius 1 is 1.23 bits per heavy atom. The molecule has 3 aliphatic heterocycles. The first-order chi connectivity index (χ1) is 19.2. The first-order valence-electron chi connectivity index (χ1n) is 14.5. The molecule has 2 aromatic rings. The molecule has 2 amide bonds. The van der Waals surface area contributed by atoms with Gasteiger partial charge in [0.25, 0.3) is 11.8 Å². The first kappa shape index (κ1) is 28.2. The summed E-state index contributed by atoms with van der Waals surface area (Å²) in [4.78, 5) is 36.6. The summed E-state index contributed by atoms with van der Waals surface area (Å²) >= 11 is 0. The lowest BCUT2D eigenvalue weighted by Crippen LogP contribution is -2.62. The quantitative estimate of drug-likeness (QED) is 0.530. The minimum atomic E-state index is -0.517. The van der Waals surface area contributed by atoms with Crippen molar-refractivity contribution in [1.82, 2.24) is 30.3 Å². The van der Waals surface area contributed by atoms with Gasteiger partial charge in [-0.15, -0.1) is 10.2 Å². The average molecular weight is 554 g/mol. The van der Waals surface area contributed by atoms with Crippen molar-refractivity contribution in [3.05, 3.63) is 35.9 Å². The topological polar surface area (TPSA) is 104 Å². The number of piperidine rings is 1. The fourth-order valence-corrected chi connectivity index (χ4v) is 6.42. The molecule has 40 heavy (non-hydrogen) atoms. The van der Waals surface area contributed by atoms with Crippen molar-refractivity contribution in [2.24, 2.45) is 11.3 Å². The number of nitrogens with zero attached hydrogens (tertiary/aromatic N) is 6. The summed E-state index contributed by atoms with van der Waals surface area (Å²) in [7, 11) is 0. The van der Waals surface area contributed by atoms with Crippen molar-refractivity contribution in [2.75, 3.05) is 44.2 Å². The Morgan fingerprint density at radius 2 is 1.98 bits per heavy atom. The Kier molecular flexibility index (Phi) is 8.21. The highest BCUT2D eigenvalue weighted by atomic mass is 19.1. The number of likely N-dealkylation sites (tertiary alicyclic amines) is 1. The van der Waals surface area contributed by atoms with Gasteiger partial charge in [0.05, 0.1) is 11.6 Å². The zero-order valence-corrected chi connectivity index (χ0v) is 23.9. The van der Waals surface area contributed by atoms with Gasteiger partial charge >= 0.3 is 0 Å². The van der Waals surface area contributed by atoms with Gasteiger partial charge in [-0.25, -0.2) is 9.37 Å². The van der Waals surface area contributed by atoms with Gasteiger partial charge in [0.15, 0.2) is 5.82 Å². The molecule has 11 heteroatoms. The number of aromatic nitrogens is 3. The molecule has 0 bridgehead atoms. The largest absolute Gasteiger partial charge is 0.434 e. The van der Waals surface area contributed by atoms with Crippen molar-refractivity contribution < 1.29 is 18.7 Å². The van der Waals surface area contributed by atoms with Crippen molar-refractivity contribution in [3.8, 4) is 11.6 Å². The lowest BCUT2D eigenvalue weighted by Gasteiger charge is -2.54. The van der Waals surface area contributed by atoms with Crippen molar-refractivity contribution in [2.45, 2.75) is 65.5 Å². The van der Waals surface area contributed by atoms with Crippen molar-refractivity contribution >= 4 is 17.6 Å². The van der Waals surface area contributed by atoms with E-state index in [4.69, 9.17) is 4.74 Å². The van der Waals surface area contributed by atoms with E-state index in [-0.39, 0.29) is 46.5 Å². The van der Waals surface area contributed by atoms with Gasteiger partial charge < -0.3 is 24.8 Å². The first-order valence-corrected chi connectivity index (χ1v) is 14.5. The highest BCUT2D eigenvalue weighted by molar-refractivity contribution is 5.97. The number of carbonyl (C=O) groups is 2. The van der Waals surface area contributed by atoms with Crippen LogP contribution >= 0.6 is 0 Å². The van der Waals surface area contributed by atoms with Gasteiger partial charge in [0.2, 0.25) is 5.91 Å². The Bertz CT molecular complexity index is 1230. The molecule has 2 atom stereocenters. The van der Waals surface area contributed by atoms with E-state index in [2.05, 4.69) is 32.3 Å². The van der Waals surface area contributed by atoms with E-state index in [0.29, 0.717) is 18.3 Å². The van der Waals surface area contributed by atoms with Gasteiger partial charge in [-0.1, -0.05) is 13.3 Å². The fourth-order valence-electron chi connectivity index (χ4n) is 6.42. The lowest BCUT2D eigenvalue weighted by molar-refractivity contribution is -0.136. The van der Waals surface area contributed by atoms with E-state index in [1.807, 2.05) is 25.7 Å². The molecule has 10 nitrogen and oxygen atoms in total. The molecule has 0 aliphatic carbocycles. The summed E-state index contributed by atoms with van der Waals surface area (Å²) in [6.07, 6.45) is 5.34. The number of halogens is 1. The van der Waals surface area contributed by atoms with Crippen molar-refractivity contribution in [1.29, 1.82) is 0 Å². The molecular formula is C29H40FN7O3. The standard InChI is InChI=1S/C29H40FN7O3/c1-5-20-9-12-31-24(20)28(39)35-13-10-29(11-14-35)16-36(17-29)25-26(34-33-18-32-25)40-23-8-7-21(30)15-22(23)27(38)37(6-2)19(3)4/h7-8,15,18-20,24,31H,5-6,9-14,16-17H2,1-4H3/t20-,24?/m1/s1. The number of carbonyl (C=O) groups excluding carboxylic acids is 2. The molecule has 3 fully saturated rings. The smallest absolute Gasteiger partial charge is 0.282 e. The van der Waals surface area contributed by atoms with Crippen LogP contribution in [-0.4, -0.2) is 88.1 Å². The van der Waals surface area contributed by atoms with Crippen LogP contribution in [0.25, 0.3) is 0 Å². The summed E-state index contributed by atoms with van der Waals surface area (Å²) in [5.41, 5.74) is 0.244. The second-order valence-corrected chi connectivity index (χ2v) is 11.6. The molecule has 4 heterocycles. The van der Waals surface area contributed by atoms with Crippen LogP contribution in [-0.2, 0) is 4.79 Å². The second kappa shape index (κ2) is 11.6. The van der Waals surface area contributed by atoms with Crippen LogP contribution in [0.3, 0.4) is 0 Å². The number of rotatable bonds is 8. The lowest BCUT2D eigenvalue weighted by atomic mass is 9.72. The van der Waals surface area contributed by atoms with E-state index in [1.54, 1.807) is 4.90 Å². The van der Waals surface area contributed by atoms with E-state index < -0.39 is 5.82 Å². The van der Waals surface area contributed by atoms with Gasteiger partial charge in [0, 0.05) is 44.2 Å². The SMILES string of the molecule is CC[C@@H]1CCNC1C(=O)N1CCC2(CC1)CN(c1ncnnc1Oc1ccc(F)cc1C(=O)N(CC)C(C)C)C2. The molecule has 1 aromatic heterocycles. The predicted octanol–water partition coefficient (Wildman–Crippen LogP) is 3.49. The second-order valence-electron chi connectivity index (χ2n) is 11.6. The number of hydrogen-bond donors (Lipinski definition) is 1. The van der Waals surface area contributed by atoms with Crippen LogP contribution in [0.1, 0.15) is 63.7 Å². The van der Waals surface area contributed by atoms with Gasteiger partial charge in [-0.2, -0.15) is 0 Å². The number of ether oxygens (including phenoxy) is 1. The molecule has 1 unspecified atom stereocenters. The Hall–Kier alpha value is -3.34. The van der Waals surface area contributed by atoms with Crippen LogP contribution in [0, 0.1) is 17.2 Å². The molecule has 0 radical (unpaired) electrons. The Labute approximate surface area is 235 Å². The van der Waals surface area contributed by atoms with Crippen molar-refractivity contribution in [3.63, 3.8) is 0 Å². The van der Waals surface area contributed by atoms with E-state index >= 15 is 0 Å². The molecule has 1 N–H and O–H groups in total. The summed E-state index contributed by atoms with van der Waals surface area (Å²) in [6, 6.07) is 3.81. The molecule has 1 aromatic carbocycles. The molecular weight excluding hydrogens is 513 g/mol. The summed E-state index contributed by atoms with van der Waals surface area (Å²) in [6.45, 7) is 12.3. The average Bonchev–Trinajstić information content (AvgIpc) is 3.42. The maximum atomic E-state index is 14.2. The molecule has 1 spiro atoms. The van der Waals surface area contributed by atoms with Gasteiger partial charge in [-0.05, 0) is 70.7 Å². The molecule has 216 valence electrons. The number of hydrogen-bond acceptors (Lipinski definition) is 8. The third-order valence-electron chi connectivity index (χ3n) is 8.80. The molecule has 0 saturated carbocycles. The predicted molar refractivity (Wildman–Crippen MR) is 149 cm³/mol. The van der Waals surface area contributed by atoms with E-state index in [1.165, 1.54) is 24.5 Å². The minimum Gasteiger partial charge on any atom is -0.434 e. The fraction of sp³-hybridized carbons (Fsp3) is 0.621. The molecule has 3 saturated heterocycles. The summed E-state index contributed by atoms with van der Waals surface area (Å²) < 4.78 is 20.3. The highest BCUT2D eigenvalue weighted by Gasteiger charge is 2.48. The zero-order valence-electron chi connectivity index (χ0n) is 23.9. The van der Waals surface area contributed by atoms with E-state index in [0.717, 1.165) is 58.4 Å². The van der Waals surface area contributed by atoms with Crippen LogP contribution in [0.4, 0.5) is 10.2 Å². The zero-order chi connectivity index (χ0) is 28.4.